The van der Waals surface area contributed by atoms with E-state index >= 15 is 0 Å². The molecule has 0 saturated carbocycles. The smallest absolute Gasteiger partial charge is 0.416 e. The Morgan fingerprint density at radius 3 is 2.83 bits per heavy atom. The number of pyridine rings is 1. The number of allylic oxidation sites excluding steroid dienone is 4. The first kappa shape index (κ1) is 25.7. The van der Waals surface area contributed by atoms with E-state index in [2.05, 4.69) is 27.2 Å². The fourth-order valence-corrected chi connectivity index (χ4v) is 3.32. The van der Waals surface area contributed by atoms with Gasteiger partial charge >= 0.3 is 6.18 Å². The van der Waals surface area contributed by atoms with Crippen LogP contribution in [0, 0.1) is 6.92 Å². The van der Waals surface area contributed by atoms with Crippen LogP contribution in [0.5, 0.6) is 5.75 Å². The number of aliphatic imine (C=N–C) groups is 1. The van der Waals surface area contributed by atoms with Gasteiger partial charge in [-0.15, -0.1) is 0 Å². The summed E-state index contributed by atoms with van der Waals surface area (Å²) in [6.07, 6.45) is 5.55. The zero-order valence-corrected chi connectivity index (χ0v) is 19.4. The highest BCUT2D eigenvalue weighted by molar-refractivity contribution is 5.98. The third kappa shape index (κ3) is 7.84. The van der Waals surface area contributed by atoms with Gasteiger partial charge in [0.05, 0.1) is 12.1 Å². The Hall–Kier alpha value is -3.88. The molecule has 0 fully saturated rings. The second-order valence-electron chi connectivity index (χ2n) is 7.81. The van der Waals surface area contributed by atoms with Crippen LogP contribution in [0.4, 0.5) is 18.9 Å². The number of hydrogen-bond acceptors (Lipinski definition) is 5. The van der Waals surface area contributed by atoms with Gasteiger partial charge in [-0.05, 0) is 55.7 Å². The van der Waals surface area contributed by atoms with Gasteiger partial charge in [0.1, 0.15) is 23.0 Å². The van der Waals surface area contributed by atoms with Crippen molar-refractivity contribution in [2.24, 2.45) is 4.99 Å². The molecule has 0 aliphatic carbocycles. The minimum Gasteiger partial charge on any atom is -0.457 e. The van der Waals surface area contributed by atoms with Gasteiger partial charge in [-0.3, -0.25) is 14.8 Å². The molecule has 184 valence electrons. The molecule has 0 unspecified atom stereocenters. The Bertz CT molecular complexity index is 1150. The molecule has 1 amide bonds. The first-order valence-electron chi connectivity index (χ1n) is 11.2. The van der Waals surface area contributed by atoms with Crippen molar-refractivity contribution in [3.8, 4) is 5.75 Å². The Morgan fingerprint density at radius 1 is 1.29 bits per heavy atom. The first-order valence-corrected chi connectivity index (χ1v) is 11.2. The van der Waals surface area contributed by atoms with Crippen molar-refractivity contribution in [2.45, 2.75) is 32.4 Å². The number of amidine groups is 1. The van der Waals surface area contributed by atoms with Gasteiger partial charge in [0.25, 0.3) is 0 Å². The summed E-state index contributed by atoms with van der Waals surface area (Å²) >= 11 is 0. The number of amides is 1. The Balaban J connectivity index is 1.45. The summed E-state index contributed by atoms with van der Waals surface area (Å²) in [5, 5.41) is 5.69. The lowest BCUT2D eigenvalue weighted by Gasteiger charge is -2.12. The summed E-state index contributed by atoms with van der Waals surface area (Å²) < 4.78 is 44.9. The molecule has 1 aromatic carbocycles. The maximum atomic E-state index is 13.0. The molecule has 0 spiro atoms. The van der Waals surface area contributed by atoms with Crippen molar-refractivity contribution in [3.63, 3.8) is 0 Å². The molecule has 2 N–H and O–H groups in total. The van der Waals surface area contributed by atoms with Crippen LogP contribution in [-0.4, -0.2) is 29.8 Å². The van der Waals surface area contributed by atoms with Gasteiger partial charge in [-0.1, -0.05) is 24.8 Å². The molecular weight excluding hydrogens is 457 g/mol. The average Bonchev–Trinajstić information content (AvgIpc) is 3.36. The zero-order valence-electron chi connectivity index (χ0n) is 19.4. The lowest BCUT2D eigenvalue weighted by molar-refractivity contribution is -0.138. The Morgan fingerprint density at radius 2 is 2.11 bits per heavy atom. The lowest BCUT2D eigenvalue weighted by Crippen LogP contribution is -2.20. The van der Waals surface area contributed by atoms with Crippen LogP contribution in [0.1, 0.15) is 36.1 Å². The second kappa shape index (κ2) is 12.0. The van der Waals surface area contributed by atoms with Crippen LogP contribution in [0.25, 0.3) is 0 Å². The number of aromatic nitrogens is 1. The van der Waals surface area contributed by atoms with Crippen LogP contribution < -0.4 is 15.4 Å². The Labute approximate surface area is 202 Å². The molecule has 2 heterocycles. The van der Waals surface area contributed by atoms with E-state index in [-0.39, 0.29) is 23.6 Å². The zero-order chi connectivity index (χ0) is 25.3. The number of alkyl halides is 3. The number of anilines is 1. The van der Waals surface area contributed by atoms with E-state index in [1.807, 2.05) is 6.08 Å². The molecule has 0 atom stereocenters. The van der Waals surface area contributed by atoms with E-state index in [1.165, 1.54) is 19.1 Å². The molecule has 6 nitrogen and oxygen atoms in total. The summed E-state index contributed by atoms with van der Waals surface area (Å²) in [7, 11) is 0. The van der Waals surface area contributed by atoms with Crippen LogP contribution >= 0.6 is 0 Å². The standard InChI is InChI=1S/C26H27F3N4O2/c1-3-20(35-21-12-13-30-23(17-21)25-31-14-15-32-25)8-6-4-5-7-9-24(34)33-19-11-10-18(2)22(16-19)26(27,28)29/h3-4,6,8,10-13,16-17H,1,5,7,9,14-15H2,2H3,(H,31,32)(H,33,34)/b6-4-,20-8+. The normalized spacial score (nSPS) is 13.9. The summed E-state index contributed by atoms with van der Waals surface area (Å²) in [6, 6.07) is 7.30. The average molecular weight is 485 g/mol. The van der Waals surface area contributed by atoms with E-state index in [0.717, 1.165) is 25.0 Å². The molecule has 1 aromatic heterocycles. The molecule has 1 aliphatic rings. The molecule has 2 aromatic rings. The largest absolute Gasteiger partial charge is 0.457 e. The number of benzene rings is 1. The molecule has 0 saturated heterocycles. The summed E-state index contributed by atoms with van der Waals surface area (Å²) in [5.74, 6) is 1.55. The number of ether oxygens (including phenoxy) is 1. The highest BCUT2D eigenvalue weighted by Gasteiger charge is 2.32. The van der Waals surface area contributed by atoms with Gasteiger partial charge in [0.15, 0.2) is 0 Å². The van der Waals surface area contributed by atoms with Crippen molar-refractivity contribution in [2.75, 3.05) is 18.4 Å². The monoisotopic (exact) mass is 484 g/mol. The molecule has 9 heteroatoms. The van der Waals surface area contributed by atoms with Crippen LogP contribution in [0.2, 0.25) is 0 Å². The summed E-state index contributed by atoms with van der Waals surface area (Å²) in [4.78, 5) is 20.7. The number of hydrogen-bond donors (Lipinski definition) is 2. The predicted molar refractivity (Wildman–Crippen MR) is 130 cm³/mol. The maximum absolute atomic E-state index is 13.0. The van der Waals surface area contributed by atoms with Gasteiger partial charge in [-0.25, -0.2) is 0 Å². The lowest BCUT2D eigenvalue weighted by atomic mass is 10.1. The SMILES string of the molecule is C=C/C(=C\C=C/CCCC(=O)Nc1ccc(C)c(C(F)(F)F)c1)Oc1ccnc(C2=NCCN2)c1. The number of nitrogens with zero attached hydrogens (tertiary/aromatic N) is 2. The molecule has 1 aliphatic heterocycles. The second-order valence-corrected chi connectivity index (χ2v) is 7.81. The number of unbranched alkanes of at least 4 members (excludes halogenated alkanes) is 1. The van der Waals surface area contributed by atoms with E-state index in [9.17, 15) is 18.0 Å². The van der Waals surface area contributed by atoms with Crippen molar-refractivity contribution < 1.29 is 22.7 Å². The van der Waals surface area contributed by atoms with E-state index in [1.54, 1.807) is 36.6 Å². The molecular formula is C26H27F3N4O2. The minimum atomic E-state index is -4.46. The summed E-state index contributed by atoms with van der Waals surface area (Å²) in [5.41, 5.74) is 0.199. The van der Waals surface area contributed by atoms with Gasteiger partial charge in [-0.2, -0.15) is 13.2 Å². The van der Waals surface area contributed by atoms with Crippen LogP contribution in [0.3, 0.4) is 0 Å². The highest BCUT2D eigenvalue weighted by Crippen LogP contribution is 2.33. The van der Waals surface area contributed by atoms with Crippen molar-refractivity contribution in [3.05, 3.63) is 90.0 Å². The number of nitrogens with one attached hydrogen (secondary N) is 2. The topological polar surface area (TPSA) is 75.6 Å². The molecule has 0 bridgehead atoms. The minimum absolute atomic E-state index is 0.112. The maximum Gasteiger partial charge on any atom is 0.416 e. The fourth-order valence-electron chi connectivity index (χ4n) is 3.32. The van der Waals surface area contributed by atoms with Crippen molar-refractivity contribution in [1.82, 2.24) is 10.3 Å². The number of halogens is 3. The molecule has 0 radical (unpaired) electrons. The van der Waals surface area contributed by atoms with E-state index < -0.39 is 11.7 Å². The van der Waals surface area contributed by atoms with Crippen molar-refractivity contribution >= 4 is 17.4 Å². The van der Waals surface area contributed by atoms with E-state index in [4.69, 9.17) is 4.74 Å². The number of carbonyl (C=O) groups is 1. The fraction of sp³-hybridized carbons (Fsp3) is 0.269. The molecule has 35 heavy (non-hydrogen) atoms. The molecule has 3 rings (SSSR count). The van der Waals surface area contributed by atoms with Gasteiger partial charge in [0, 0.05) is 30.9 Å². The van der Waals surface area contributed by atoms with Gasteiger partial charge < -0.3 is 15.4 Å². The number of aryl methyl sites for hydroxylation is 1. The van der Waals surface area contributed by atoms with Crippen LogP contribution in [0.15, 0.2) is 78.2 Å². The third-order valence-corrected chi connectivity index (χ3v) is 5.08. The predicted octanol–water partition coefficient (Wildman–Crippen LogP) is 5.57. The van der Waals surface area contributed by atoms with Crippen molar-refractivity contribution in [1.29, 1.82) is 0 Å². The quantitative estimate of drug-likeness (QED) is 0.263. The summed E-state index contributed by atoms with van der Waals surface area (Å²) in [6.45, 7) is 6.65. The first-order chi connectivity index (χ1) is 16.8. The number of carbonyl (C=O) groups excluding carboxylic acids is 1. The Kier molecular flexibility index (Phi) is 8.83. The van der Waals surface area contributed by atoms with E-state index in [0.29, 0.717) is 30.0 Å². The third-order valence-electron chi connectivity index (χ3n) is 5.08. The highest BCUT2D eigenvalue weighted by atomic mass is 19.4. The van der Waals surface area contributed by atoms with Gasteiger partial charge in [0.2, 0.25) is 5.91 Å². The number of rotatable bonds is 10. The van der Waals surface area contributed by atoms with Crippen LogP contribution in [-0.2, 0) is 11.0 Å².